The van der Waals surface area contributed by atoms with Crippen LogP contribution in [-0.4, -0.2) is 12.3 Å². The average molecular weight is 308 g/mol. The molecule has 0 N–H and O–H groups in total. The van der Waals surface area contributed by atoms with Gasteiger partial charge in [-0.2, -0.15) is 5.26 Å². The SMILES string of the molecule is CC[C@H](C)Oc1ccc(/C=N\OCc2ccccc2C#N)cc1. The average Bonchev–Trinajstić information content (AvgIpc) is 2.60. The monoisotopic (exact) mass is 308 g/mol. The van der Waals surface area contributed by atoms with Gasteiger partial charge in [0.05, 0.1) is 24.0 Å². The first kappa shape index (κ1) is 16.6. The van der Waals surface area contributed by atoms with Crippen LogP contribution in [0.1, 0.15) is 37.0 Å². The molecule has 0 saturated heterocycles. The zero-order chi connectivity index (χ0) is 16.5. The molecule has 0 unspecified atom stereocenters. The maximum absolute atomic E-state index is 9.00. The van der Waals surface area contributed by atoms with Crippen molar-refractivity contribution in [1.29, 1.82) is 5.26 Å². The largest absolute Gasteiger partial charge is 0.491 e. The summed E-state index contributed by atoms with van der Waals surface area (Å²) in [5.41, 5.74) is 2.36. The minimum atomic E-state index is 0.207. The number of hydrogen-bond acceptors (Lipinski definition) is 4. The molecule has 2 aromatic carbocycles. The maximum Gasteiger partial charge on any atom is 0.143 e. The highest BCUT2D eigenvalue weighted by atomic mass is 16.6. The number of rotatable bonds is 7. The van der Waals surface area contributed by atoms with Crippen LogP contribution in [0.2, 0.25) is 0 Å². The topological polar surface area (TPSA) is 54.6 Å². The lowest BCUT2D eigenvalue weighted by Crippen LogP contribution is -2.09. The third-order valence-corrected chi connectivity index (χ3v) is 3.43. The van der Waals surface area contributed by atoms with E-state index >= 15 is 0 Å². The fourth-order valence-corrected chi connectivity index (χ4v) is 1.91. The van der Waals surface area contributed by atoms with Crippen molar-refractivity contribution in [3.05, 3.63) is 65.2 Å². The smallest absolute Gasteiger partial charge is 0.143 e. The van der Waals surface area contributed by atoms with Crippen LogP contribution in [0.4, 0.5) is 0 Å². The standard InChI is InChI=1S/C19H20N2O2/c1-3-15(2)23-19-10-8-16(9-11-19)13-21-22-14-18-7-5-4-6-17(18)12-20/h4-11,13,15H,3,14H2,1-2H3/b21-13-/t15-/m0/s1. The molecule has 23 heavy (non-hydrogen) atoms. The highest BCUT2D eigenvalue weighted by molar-refractivity contribution is 5.79. The Morgan fingerprint density at radius 3 is 2.61 bits per heavy atom. The molecule has 118 valence electrons. The van der Waals surface area contributed by atoms with E-state index in [1.807, 2.05) is 49.4 Å². The molecular weight excluding hydrogens is 288 g/mol. The van der Waals surface area contributed by atoms with E-state index in [9.17, 15) is 0 Å². The molecule has 2 aromatic rings. The van der Waals surface area contributed by atoms with Gasteiger partial charge in [0.1, 0.15) is 12.4 Å². The summed E-state index contributed by atoms with van der Waals surface area (Å²) in [5, 5.41) is 12.9. The van der Waals surface area contributed by atoms with E-state index in [0.29, 0.717) is 5.56 Å². The van der Waals surface area contributed by atoms with Crippen molar-refractivity contribution < 1.29 is 9.57 Å². The van der Waals surface area contributed by atoms with Crippen LogP contribution in [-0.2, 0) is 11.4 Å². The fraction of sp³-hybridized carbons (Fsp3) is 0.263. The van der Waals surface area contributed by atoms with E-state index in [0.717, 1.165) is 23.3 Å². The molecule has 0 bridgehead atoms. The Labute approximate surface area is 137 Å². The molecule has 0 aromatic heterocycles. The molecule has 0 heterocycles. The number of nitriles is 1. The van der Waals surface area contributed by atoms with E-state index in [1.165, 1.54) is 0 Å². The van der Waals surface area contributed by atoms with E-state index < -0.39 is 0 Å². The summed E-state index contributed by atoms with van der Waals surface area (Å²) in [4.78, 5) is 5.27. The minimum Gasteiger partial charge on any atom is -0.491 e. The minimum absolute atomic E-state index is 0.207. The quantitative estimate of drug-likeness (QED) is 0.566. The van der Waals surface area contributed by atoms with Crippen LogP contribution < -0.4 is 4.74 Å². The van der Waals surface area contributed by atoms with Crippen molar-refractivity contribution >= 4 is 6.21 Å². The van der Waals surface area contributed by atoms with Gasteiger partial charge in [-0.15, -0.1) is 0 Å². The number of nitrogens with zero attached hydrogens (tertiary/aromatic N) is 2. The first-order chi connectivity index (χ1) is 11.2. The van der Waals surface area contributed by atoms with Gasteiger partial charge in [0.15, 0.2) is 0 Å². The summed E-state index contributed by atoms with van der Waals surface area (Å²) in [6.07, 6.45) is 2.82. The van der Waals surface area contributed by atoms with Crippen molar-refractivity contribution in [2.75, 3.05) is 0 Å². The van der Waals surface area contributed by atoms with Crippen LogP contribution in [0.25, 0.3) is 0 Å². The molecule has 4 nitrogen and oxygen atoms in total. The molecule has 0 amide bonds. The second-order valence-corrected chi connectivity index (χ2v) is 5.18. The fourth-order valence-electron chi connectivity index (χ4n) is 1.91. The van der Waals surface area contributed by atoms with Crippen LogP contribution in [0, 0.1) is 11.3 Å². The molecule has 1 atom stereocenters. The highest BCUT2D eigenvalue weighted by Crippen LogP contribution is 2.14. The third kappa shape index (κ3) is 5.15. The maximum atomic E-state index is 9.00. The number of benzene rings is 2. The van der Waals surface area contributed by atoms with Gasteiger partial charge in [0, 0.05) is 5.56 Å². The van der Waals surface area contributed by atoms with Crippen LogP contribution >= 0.6 is 0 Å². The van der Waals surface area contributed by atoms with Gasteiger partial charge >= 0.3 is 0 Å². The lowest BCUT2D eigenvalue weighted by Gasteiger charge is -2.12. The van der Waals surface area contributed by atoms with Gasteiger partial charge in [-0.1, -0.05) is 30.3 Å². The van der Waals surface area contributed by atoms with Gasteiger partial charge in [-0.05, 0) is 49.2 Å². The van der Waals surface area contributed by atoms with Gasteiger partial charge in [-0.25, -0.2) is 0 Å². The molecule has 0 aliphatic carbocycles. The summed E-state index contributed by atoms with van der Waals surface area (Å²) in [5.74, 6) is 0.848. The number of oxime groups is 1. The lowest BCUT2D eigenvalue weighted by molar-refractivity contribution is 0.132. The predicted octanol–water partition coefficient (Wildman–Crippen LogP) is 4.29. The first-order valence-corrected chi connectivity index (χ1v) is 7.63. The molecule has 2 rings (SSSR count). The summed E-state index contributed by atoms with van der Waals surface area (Å²) in [6.45, 7) is 4.41. The molecule has 0 saturated carbocycles. The predicted molar refractivity (Wildman–Crippen MR) is 90.4 cm³/mol. The Morgan fingerprint density at radius 2 is 1.91 bits per heavy atom. The van der Waals surface area contributed by atoms with E-state index in [-0.39, 0.29) is 12.7 Å². The summed E-state index contributed by atoms with van der Waals surface area (Å²) >= 11 is 0. The Hall–Kier alpha value is -2.80. The molecule has 0 aliphatic heterocycles. The zero-order valence-corrected chi connectivity index (χ0v) is 13.4. The van der Waals surface area contributed by atoms with Crippen molar-refractivity contribution in [2.24, 2.45) is 5.16 Å². The number of hydrogen-bond donors (Lipinski definition) is 0. The molecule has 0 aliphatic rings. The van der Waals surface area contributed by atoms with Crippen molar-refractivity contribution in [2.45, 2.75) is 33.0 Å². The molecule has 0 spiro atoms. The Morgan fingerprint density at radius 1 is 1.17 bits per heavy atom. The van der Waals surface area contributed by atoms with Gasteiger partial charge < -0.3 is 9.57 Å². The van der Waals surface area contributed by atoms with Crippen molar-refractivity contribution in [1.82, 2.24) is 0 Å². The zero-order valence-electron chi connectivity index (χ0n) is 13.4. The second-order valence-electron chi connectivity index (χ2n) is 5.18. The van der Waals surface area contributed by atoms with Crippen LogP contribution in [0.15, 0.2) is 53.7 Å². The van der Waals surface area contributed by atoms with E-state index in [1.54, 1.807) is 12.3 Å². The van der Waals surface area contributed by atoms with Crippen molar-refractivity contribution in [3.8, 4) is 11.8 Å². The molecule has 0 fully saturated rings. The lowest BCUT2D eigenvalue weighted by atomic mass is 10.1. The van der Waals surface area contributed by atoms with Gasteiger partial charge in [-0.3, -0.25) is 0 Å². The van der Waals surface area contributed by atoms with Gasteiger partial charge in [0.25, 0.3) is 0 Å². The second kappa shape index (κ2) is 8.60. The van der Waals surface area contributed by atoms with Crippen molar-refractivity contribution in [3.63, 3.8) is 0 Å². The Balaban J connectivity index is 1.87. The number of ether oxygens (including phenoxy) is 1. The van der Waals surface area contributed by atoms with E-state index in [4.69, 9.17) is 14.8 Å². The summed E-state index contributed by atoms with van der Waals surface area (Å²) in [7, 11) is 0. The third-order valence-electron chi connectivity index (χ3n) is 3.43. The molecule has 4 heteroatoms. The van der Waals surface area contributed by atoms with Gasteiger partial charge in [0.2, 0.25) is 0 Å². The summed E-state index contributed by atoms with van der Waals surface area (Å²) < 4.78 is 5.72. The molecular formula is C19H20N2O2. The first-order valence-electron chi connectivity index (χ1n) is 7.63. The van der Waals surface area contributed by atoms with E-state index in [2.05, 4.69) is 18.1 Å². The normalized spacial score (nSPS) is 11.9. The molecule has 0 radical (unpaired) electrons. The highest BCUT2D eigenvalue weighted by Gasteiger charge is 2.01. The summed E-state index contributed by atoms with van der Waals surface area (Å²) in [6, 6.07) is 17.1. The van der Waals surface area contributed by atoms with Crippen LogP contribution in [0.5, 0.6) is 5.75 Å². The Kier molecular flexibility index (Phi) is 6.19. The van der Waals surface area contributed by atoms with Crippen LogP contribution in [0.3, 0.4) is 0 Å². The Bertz CT molecular complexity index is 687.